The average Bonchev–Trinajstić information content (AvgIpc) is 3.27. The molecule has 172 valence electrons. The molecule has 2 atom stereocenters. The Morgan fingerprint density at radius 2 is 1.88 bits per heavy atom. The monoisotopic (exact) mass is 441 g/mol. The molecule has 32 heavy (non-hydrogen) atoms. The van der Waals surface area contributed by atoms with E-state index in [4.69, 9.17) is 9.72 Å². The van der Waals surface area contributed by atoms with Crippen LogP contribution in [0.4, 0.5) is 16.0 Å². The van der Waals surface area contributed by atoms with E-state index in [9.17, 15) is 9.18 Å². The number of nitrogens with zero attached hydrogens (tertiary/aromatic N) is 4. The molecule has 4 heterocycles. The molecule has 5 rings (SSSR count). The maximum atomic E-state index is 14.7. The highest BCUT2D eigenvalue weighted by Gasteiger charge is 2.27. The van der Waals surface area contributed by atoms with Gasteiger partial charge in [0.25, 0.3) is 5.56 Å². The third-order valence-corrected chi connectivity index (χ3v) is 6.72. The number of rotatable bonds is 4. The van der Waals surface area contributed by atoms with Crippen LogP contribution in [-0.4, -0.2) is 59.8 Å². The Morgan fingerprint density at radius 3 is 2.59 bits per heavy atom. The first-order valence-electron chi connectivity index (χ1n) is 11.7. The fourth-order valence-electron chi connectivity index (χ4n) is 5.24. The molecular weight excluding hydrogens is 409 g/mol. The van der Waals surface area contributed by atoms with Crippen molar-refractivity contribution in [1.29, 1.82) is 0 Å². The van der Waals surface area contributed by atoms with Crippen LogP contribution in [0.25, 0.3) is 0 Å². The van der Waals surface area contributed by atoms with E-state index in [2.05, 4.69) is 19.7 Å². The van der Waals surface area contributed by atoms with Crippen LogP contribution in [0, 0.1) is 5.82 Å². The average molecular weight is 442 g/mol. The molecule has 2 fully saturated rings. The van der Waals surface area contributed by atoms with E-state index in [1.54, 1.807) is 6.07 Å². The summed E-state index contributed by atoms with van der Waals surface area (Å²) in [6, 6.07) is 5.60. The van der Waals surface area contributed by atoms with E-state index in [-0.39, 0.29) is 23.6 Å². The first-order chi connectivity index (χ1) is 15.5. The summed E-state index contributed by atoms with van der Waals surface area (Å²) >= 11 is 0. The molecule has 2 aromatic rings. The minimum atomic E-state index is -0.144. The molecule has 1 N–H and O–H groups in total. The van der Waals surface area contributed by atoms with Gasteiger partial charge in [0.1, 0.15) is 5.82 Å². The summed E-state index contributed by atoms with van der Waals surface area (Å²) in [6.45, 7) is 9.35. The highest BCUT2D eigenvalue weighted by molar-refractivity contribution is 5.50. The lowest BCUT2D eigenvalue weighted by Crippen LogP contribution is -2.47. The molecule has 2 unspecified atom stereocenters. The summed E-state index contributed by atoms with van der Waals surface area (Å²) in [5.41, 5.74) is 3.22. The van der Waals surface area contributed by atoms with Crippen LogP contribution in [0.1, 0.15) is 43.5 Å². The number of fused-ring (bicyclic) bond motifs is 1. The number of H-pyrrole nitrogens is 1. The predicted molar refractivity (Wildman–Crippen MR) is 123 cm³/mol. The van der Waals surface area contributed by atoms with Crippen molar-refractivity contribution in [2.24, 2.45) is 0 Å². The predicted octanol–water partition coefficient (Wildman–Crippen LogP) is 2.68. The van der Waals surface area contributed by atoms with Crippen molar-refractivity contribution in [3.8, 4) is 0 Å². The zero-order chi connectivity index (χ0) is 22.2. The zero-order valence-corrected chi connectivity index (χ0v) is 18.9. The van der Waals surface area contributed by atoms with Crippen LogP contribution in [0.15, 0.2) is 23.0 Å². The van der Waals surface area contributed by atoms with Crippen LogP contribution < -0.4 is 15.4 Å². The van der Waals surface area contributed by atoms with Gasteiger partial charge in [-0.25, -0.2) is 9.37 Å². The third-order valence-electron chi connectivity index (χ3n) is 6.72. The summed E-state index contributed by atoms with van der Waals surface area (Å²) in [4.78, 5) is 27.0. The lowest BCUT2D eigenvalue weighted by Gasteiger charge is -2.36. The molecule has 0 aliphatic carbocycles. The molecule has 3 aliphatic heterocycles. The van der Waals surface area contributed by atoms with Crippen molar-refractivity contribution in [1.82, 2.24) is 14.9 Å². The van der Waals surface area contributed by atoms with Crippen molar-refractivity contribution >= 4 is 11.6 Å². The lowest BCUT2D eigenvalue weighted by molar-refractivity contribution is -0.00576. The molecule has 1 aromatic heterocycles. The summed E-state index contributed by atoms with van der Waals surface area (Å²) in [5, 5.41) is 0. The van der Waals surface area contributed by atoms with E-state index in [1.807, 2.05) is 26.0 Å². The Morgan fingerprint density at radius 1 is 1.12 bits per heavy atom. The highest BCUT2D eigenvalue weighted by atomic mass is 19.1. The molecular formula is C24H32FN5O2. The molecule has 0 radical (unpaired) electrons. The number of hydrogen-bond acceptors (Lipinski definition) is 6. The topological polar surface area (TPSA) is 64.7 Å². The minimum absolute atomic E-state index is 0.0440. The number of ether oxygens (including phenoxy) is 1. The lowest BCUT2D eigenvalue weighted by atomic mass is 10.1. The van der Waals surface area contributed by atoms with Gasteiger partial charge in [0.2, 0.25) is 5.95 Å². The fourth-order valence-corrected chi connectivity index (χ4v) is 5.24. The van der Waals surface area contributed by atoms with Crippen LogP contribution >= 0.6 is 0 Å². The Balaban J connectivity index is 1.31. The quantitative estimate of drug-likeness (QED) is 0.787. The Kier molecular flexibility index (Phi) is 5.90. The molecule has 0 spiro atoms. The number of morpholine rings is 1. The van der Waals surface area contributed by atoms with Crippen LogP contribution in [0.2, 0.25) is 0 Å². The number of anilines is 2. The Bertz CT molecular complexity index is 1030. The first kappa shape index (κ1) is 21.4. The van der Waals surface area contributed by atoms with Crippen LogP contribution in [0.3, 0.4) is 0 Å². The van der Waals surface area contributed by atoms with Gasteiger partial charge in [-0.05, 0) is 50.8 Å². The zero-order valence-electron chi connectivity index (χ0n) is 18.9. The normalized spacial score (nSPS) is 24.1. The largest absolute Gasteiger partial charge is 0.372 e. The summed E-state index contributed by atoms with van der Waals surface area (Å²) in [5.74, 6) is 0.479. The van der Waals surface area contributed by atoms with Crippen molar-refractivity contribution in [3.63, 3.8) is 0 Å². The van der Waals surface area contributed by atoms with Crippen molar-refractivity contribution < 1.29 is 9.13 Å². The number of aromatic amines is 1. The molecule has 2 saturated heterocycles. The van der Waals surface area contributed by atoms with Gasteiger partial charge in [0.05, 0.1) is 23.6 Å². The summed E-state index contributed by atoms with van der Waals surface area (Å²) in [6.07, 6.45) is 3.10. The maximum absolute atomic E-state index is 14.7. The Labute approximate surface area is 188 Å². The number of hydrogen-bond donors (Lipinski definition) is 1. The summed E-state index contributed by atoms with van der Waals surface area (Å²) < 4.78 is 20.5. The smallest absolute Gasteiger partial charge is 0.255 e. The molecule has 1 aromatic carbocycles. The van der Waals surface area contributed by atoms with E-state index in [0.717, 1.165) is 49.3 Å². The maximum Gasteiger partial charge on any atom is 0.255 e. The van der Waals surface area contributed by atoms with Crippen molar-refractivity contribution in [2.45, 2.75) is 58.4 Å². The SMILES string of the molecule is CC1CN(c2nc3c(c(=O)[nH]2)CCN(Cc2ccc(N4CCCC4)c(F)c2)C3)CC(C)O1. The van der Waals surface area contributed by atoms with Gasteiger partial charge >= 0.3 is 0 Å². The van der Waals surface area contributed by atoms with E-state index < -0.39 is 0 Å². The van der Waals surface area contributed by atoms with Crippen molar-refractivity contribution in [2.75, 3.05) is 42.5 Å². The van der Waals surface area contributed by atoms with Gasteiger partial charge in [0.15, 0.2) is 0 Å². The third kappa shape index (κ3) is 4.38. The number of aromatic nitrogens is 2. The second-order valence-corrected chi connectivity index (χ2v) is 9.42. The second kappa shape index (κ2) is 8.83. The van der Waals surface area contributed by atoms with Crippen LogP contribution in [-0.2, 0) is 24.2 Å². The molecule has 7 nitrogen and oxygen atoms in total. The molecule has 0 saturated carbocycles. The number of benzene rings is 1. The number of halogens is 1. The van der Waals surface area contributed by atoms with Gasteiger partial charge < -0.3 is 14.5 Å². The van der Waals surface area contributed by atoms with Crippen molar-refractivity contribution in [3.05, 3.63) is 51.2 Å². The highest BCUT2D eigenvalue weighted by Crippen LogP contribution is 2.26. The molecule has 8 heteroatoms. The van der Waals surface area contributed by atoms with Gasteiger partial charge in [0, 0.05) is 51.4 Å². The molecule has 0 amide bonds. The van der Waals surface area contributed by atoms with E-state index >= 15 is 0 Å². The first-order valence-corrected chi connectivity index (χ1v) is 11.7. The van der Waals surface area contributed by atoms with Gasteiger partial charge in [-0.1, -0.05) is 6.07 Å². The van der Waals surface area contributed by atoms with Crippen LogP contribution in [0.5, 0.6) is 0 Å². The Hall–Kier alpha value is -2.45. The minimum Gasteiger partial charge on any atom is -0.372 e. The number of nitrogens with one attached hydrogen (secondary N) is 1. The van der Waals surface area contributed by atoms with E-state index in [1.165, 1.54) is 0 Å². The molecule has 0 bridgehead atoms. The van der Waals surface area contributed by atoms with Gasteiger partial charge in [-0.15, -0.1) is 0 Å². The summed E-state index contributed by atoms with van der Waals surface area (Å²) in [7, 11) is 0. The standard InChI is InChI=1S/C24H32FN5O2/c1-16-12-30(13-17(2)32-16)24-26-21-15-28(10-7-19(21)23(31)27-24)14-18-5-6-22(20(25)11-18)29-8-3-4-9-29/h5-6,11,16-17H,3-4,7-10,12-15H2,1-2H3,(H,26,27,31). The fraction of sp³-hybridized carbons (Fsp3) is 0.583. The van der Waals surface area contributed by atoms with E-state index in [0.29, 0.717) is 44.2 Å². The second-order valence-electron chi connectivity index (χ2n) is 9.42. The molecule has 3 aliphatic rings. The van der Waals surface area contributed by atoms with Gasteiger partial charge in [-0.3, -0.25) is 14.7 Å². The van der Waals surface area contributed by atoms with Gasteiger partial charge in [-0.2, -0.15) is 0 Å².